The SMILES string of the molecule is O=C(Nc1ccc(F)c(C#CCCO)c1)c1csnn1. The number of aliphatic hydroxyl groups excluding tert-OH is 1. The van der Waals surface area contributed by atoms with Crippen LogP contribution in [0.1, 0.15) is 22.5 Å². The van der Waals surface area contributed by atoms with E-state index in [4.69, 9.17) is 5.11 Å². The molecule has 1 aromatic carbocycles. The molecule has 0 saturated heterocycles. The molecule has 1 amide bonds. The molecule has 0 aliphatic rings. The van der Waals surface area contributed by atoms with Gasteiger partial charge in [-0.15, -0.1) is 5.10 Å². The number of hydrogen-bond donors (Lipinski definition) is 2. The van der Waals surface area contributed by atoms with E-state index in [1.807, 2.05) is 0 Å². The van der Waals surface area contributed by atoms with Gasteiger partial charge in [0.15, 0.2) is 5.69 Å². The third-order valence-electron chi connectivity index (χ3n) is 2.28. The fourth-order valence-electron chi connectivity index (χ4n) is 1.37. The van der Waals surface area contributed by atoms with Gasteiger partial charge in [0.2, 0.25) is 0 Å². The lowest BCUT2D eigenvalue weighted by atomic mass is 10.2. The minimum Gasteiger partial charge on any atom is -0.395 e. The molecule has 5 nitrogen and oxygen atoms in total. The largest absolute Gasteiger partial charge is 0.395 e. The molecule has 0 aliphatic heterocycles. The molecule has 0 bridgehead atoms. The quantitative estimate of drug-likeness (QED) is 0.843. The maximum Gasteiger partial charge on any atom is 0.277 e. The lowest BCUT2D eigenvalue weighted by Crippen LogP contribution is -2.12. The average Bonchev–Trinajstić information content (AvgIpc) is 2.96. The fraction of sp³-hybridized carbons (Fsp3) is 0.154. The van der Waals surface area contributed by atoms with Crippen LogP contribution in [0.4, 0.5) is 10.1 Å². The number of aliphatic hydroxyl groups is 1. The first kappa shape index (κ1) is 14.1. The number of carbonyl (C=O) groups is 1. The Morgan fingerprint density at radius 1 is 1.50 bits per heavy atom. The van der Waals surface area contributed by atoms with E-state index in [2.05, 4.69) is 26.7 Å². The molecule has 0 atom stereocenters. The summed E-state index contributed by atoms with van der Waals surface area (Å²) < 4.78 is 17.1. The predicted molar refractivity (Wildman–Crippen MR) is 72.8 cm³/mol. The molecule has 1 heterocycles. The van der Waals surface area contributed by atoms with E-state index in [0.29, 0.717) is 5.69 Å². The van der Waals surface area contributed by atoms with Crippen molar-refractivity contribution < 1.29 is 14.3 Å². The van der Waals surface area contributed by atoms with Crippen LogP contribution in [0.3, 0.4) is 0 Å². The van der Waals surface area contributed by atoms with Crippen LogP contribution in [-0.4, -0.2) is 27.2 Å². The van der Waals surface area contributed by atoms with E-state index in [1.165, 1.54) is 23.6 Å². The second-order valence-electron chi connectivity index (χ2n) is 3.71. The van der Waals surface area contributed by atoms with Crippen LogP contribution in [0.15, 0.2) is 23.6 Å². The van der Waals surface area contributed by atoms with E-state index >= 15 is 0 Å². The van der Waals surface area contributed by atoms with Crippen molar-refractivity contribution in [3.05, 3.63) is 40.7 Å². The van der Waals surface area contributed by atoms with Crippen LogP contribution in [0.5, 0.6) is 0 Å². The second-order valence-corrected chi connectivity index (χ2v) is 4.32. The van der Waals surface area contributed by atoms with Crippen molar-refractivity contribution >= 4 is 23.1 Å². The number of benzene rings is 1. The van der Waals surface area contributed by atoms with Gasteiger partial charge in [0, 0.05) is 17.5 Å². The molecular formula is C13H10FN3O2S. The van der Waals surface area contributed by atoms with Crippen LogP contribution >= 0.6 is 11.5 Å². The summed E-state index contributed by atoms with van der Waals surface area (Å²) in [5.74, 6) is 4.33. The standard InChI is InChI=1S/C13H10FN3O2S/c14-11-5-4-10(7-9(11)3-1-2-6-18)15-13(19)12-8-20-17-16-12/h4-5,7-8,18H,2,6H2,(H,15,19). The first-order valence-electron chi connectivity index (χ1n) is 5.68. The summed E-state index contributed by atoms with van der Waals surface area (Å²) in [4.78, 5) is 11.8. The topological polar surface area (TPSA) is 75.1 Å². The highest BCUT2D eigenvalue weighted by Gasteiger charge is 2.10. The number of amides is 1. The molecule has 0 saturated carbocycles. The van der Waals surface area contributed by atoms with Gasteiger partial charge in [-0.25, -0.2) is 4.39 Å². The zero-order valence-electron chi connectivity index (χ0n) is 10.3. The van der Waals surface area contributed by atoms with Crippen molar-refractivity contribution in [1.82, 2.24) is 9.59 Å². The maximum atomic E-state index is 13.5. The first-order chi connectivity index (χ1) is 9.70. The Morgan fingerprint density at radius 2 is 2.35 bits per heavy atom. The van der Waals surface area contributed by atoms with Crippen molar-refractivity contribution in [2.75, 3.05) is 11.9 Å². The van der Waals surface area contributed by atoms with Gasteiger partial charge in [0.25, 0.3) is 5.91 Å². The molecule has 0 fully saturated rings. The Morgan fingerprint density at radius 3 is 3.05 bits per heavy atom. The summed E-state index contributed by atoms with van der Waals surface area (Å²) in [5, 5.41) is 16.4. The van der Waals surface area contributed by atoms with Crippen molar-refractivity contribution in [2.24, 2.45) is 0 Å². The summed E-state index contributed by atoms with van der Waals surface area (Å²) in [5.41, 5.74) is 0.776. The lowest BCUT2D eigenvalue weighted by molar-refractivity contribution is 0.102. The molecular weight excluding hydrogens is 281 g/mol. The van der Waals surface area contributed by atoms with Gasteiger partial charge in [-0.2, -0.15) is 0 Å². The van der Waals surface area contributed by atoms with Crippen molar-refractivity contribution in [1.29, 1.82) is 0 Å². The van der Waals surface area contributed by atoms with Crippen LogP contribution in [0, 0.1) is 17.7 Å². The highest BCUT2D eigenvalue weighted by atomic mass is 32.1. The van der Waals surface area contributed by atoms with Gasteiger partial charge in [0.05, 0.1) is 12.2 Å². The molecule has 1 aromatic heterocycles. The molecule has 20 heavy (non-hydrogen) atoms. The van der Waals surface area contributed by atoms with E-state index in [9.17, 15) is 9.18 Å². The zero-order valence-corrected chi connectivity index (χ0v) is 11.1. The number of nitrogens with zero attached hydrogens (tertiary/aromatic N) is 2. The average molecular weight is 291 g/mol. The molecule has 102 valence electrons. The smallest absolute Gasteiger partial charge is 0.277 e. The number of rotatable bonds is 3. The molecule has 0 aliphatic carbocycles. The molecule has 2 N–H and O–H groups in total. The third-order valence-corrected chi connectivity index (χ3v) is 2.78. The summed E-state index contributed by atoms with van der Waals surface area (Å²) in [6.07, 6.45) is 0.264. The van der Waals surface area contributed by atoms with Gasteiger partial charge in [0.1, 0.15) is 5.82 Å². The number of hydrogen-bond acceptors (Lipinski definition) is 5. The molecule has 0 unspecified atom stereocenters. The highest BCUT2D eigenvalue weighted by molar-refractivity contribution is 7.03. The van der Waals surface area contributed by atoms with Gasteiger partial charge >= 0.3 is 0 Å². The van der Waals surface area contributed by atoms with Gasteiger partial charge in [-0.3, -0.25) is 4.79 Å². The minimum absolute atomic E-state index is 0.0815. The van der Waals surface area contributed by atoms with Crippen molar-refractivity contribution in [2.45, 2.75) is 6.42 Å². The van der Waals surface area contributed by atoms with E-state index < -0.39 is 11.7 Å². The number of carbonyl (C=O) groups excluding carboxylic acids is 1. The molecule has 0 radical (unpaired) electrons. The summed E-state index contributed by atoms with van der Waals surface area (Å²) in [6, 6.07) is 4.08. The predicted octanol–water partition coefficient (Wildman–Crippen LogP) is 1.66. The Bertz CT molecular complexity index is 662. The van der Waals surface area contributed by atoms with Gasteiger partial charge in [-0.05, 0) is 29.7 Å². The lowest BCUT2D eigenvalue weighted by Gasteiger charge is -2.04. The normalized spacial score (nSPS) is 9.70. The Kier molecular flexibility index (Phi) is 4.76. The fourth-order valence-corrected chi connectivity index (χ4v) is 1.81. The van der Waals surface area contributed by atoms with Crippen LogP contribution < -0.4 is 5.32 Å². The molecule has 2 rings (SSSR count). The number of nitrogens with one attached hydrogen (secondary N) is 1. The summed E-state index contributed by atoms with van der Waals surface area (Å²) >= 11 is 1.07. The van der Waals surface area contributed by atoms with Crippen LogP contribution in [0.25, 0.3) is 0 Å². The Balaban J connectivity index is 2.15. The van der Waals surface area contributed by atoms with E-state index in [0.717, 1.165) is 11.5 Å². The summed E-state index contributed by atoms with van der Waals surface area (Å²) in [6.45, 7) is -0.0815. The number of aromatic nitrogens is 2. The minimum atomic E-state index is -0.483. The monoisotopic (exact) mass is 291 g/mol. The molecule has 0 spiro atoms. The second kappa shape index (κ2) is 6.75. The van der Waals surface area contributed by atoms with Gasteiger partial charge in [-0.1, -0.05) is 16.3 Å². The zero-order chi connectivity index (χ0) is 14.4. The Hall–Kier alpha value is -2.30. The first-order valence-corrected chi connectivity index (χ1v) is 6.52. The summed E-state index contributed by atoms with van der Waals surface area (Å²) in [7, 11) is 0. The van der Waals surface area contributed by atoms with Crippen LogP contribution in [0.2, 0.25) is 0 Å². The molecule has 2 aromatic rings. The highest BCUT2D eigenvalue weighted by Crippen LogP contribution is 2.15. The van der Waals surface area contributed by atoms with Crippen molar-refractivity contribution in [3.63, 3.8) is 0 Å². The maximum absolute atomic E-state index is 13.5. The Labute approximate surface area is 118 Å². The van der Waals surface area contributed by atoms with E-state index in [1.54, 1.807) is 0 Å². The van der Waals surface area contributed by atoms with Gasteiger partial charge < -0.3 is 10.4 Å². The van der Waals surface area contributed by atoms with Crippen LogP contribution in [-0.2, 0) is 0 Å². The number of halogens is 1. The molecule has 7 heteroatoms. The van der Waals surface area contributed by atoms with Crippen molar-refractivity contribution in [3.8, 4) is 11.8 Å². The van der Waals surface area contributed by atoms with E-state index in [-0.39, 0.29) is 24.3 Å². The number of anilines is 1. The third kappa shape index (κ3) is 3.60.